The largest absolute Gasteiger partial charge is 0.507 e. The SMILES string of the molecule is Cc1cc(O)c(CN2CCN(c3cccc(Cl)c3)CC2)c2c1C(=O)/C(=C/c1ccc(Br)cc1)O2. The zero-order valence-corrected chi connectivity index (χ0v) is 21.1. The van der Waals surface area contributed by atoms with Crippen LogP contribution in [0.25, 0.3) is 6.08 Å². The number of fused-ring (bicyclic) bond motifs is 1. The number of anilines is 1. The number of carbonyl (C=O) groups is 1. The van der Waals surface area contributed by atoms with Crippen LogP contribution in [0.1, 0.15) is 27.0 Å². The van der Waals surface area contributed by atoms with E-state index in [1.807, 2.05) is 49.4 Å². The van der Waals surface area contributed by atoms with Gasteiger partial charge in [-0.25, -0.2) is 0 Å². The zero-order valence-electron chi connectivity index (χ0n) is 18.7. The first-order valence-electron chi connectivity index (χ1n) is 11.2. The highest BCUT2D eigenvalue weighted by Gasteiger charge is 2.34. The highest BCUT2D eigenvalue weighted by molar-refractivity contribution is 9.10. The van der Waals surface area contributed by atoms with Gasteiger partial charge in [0.2, 0.25) is 5.78 Å². The third-order valence-electron chi connectivity index (χ3n) is 6.32. The smallest absolute Gasteiger partial charge is 0.232 e. The lowest BCUT2D eigenvalue weighted by atomic mass is 9.99. The van der Waals surface area contributed by atoms with Gasteiger partial charge in [0.05, 0.1) is 11.1 Å². The average molecular weight is 540 g/mol. The molecule has 0 aliphatic carbocycles. The summed E-state index contributed by atoms with van der Waals surface area (Å²) in [5.41, 5.74) is 3.90. The Morgan fingerprint density at radius 3 is 2.53 bits per heavy atom. The maximum Gasteiger partial charge on any atom is 0.232 e. The van der Waals surface area contributed by atoms with Crippen molar-refractivity contribution in [1.29, 1.82) is 0 Å². The molecule has 2 aliphatic heterocycles. The summed E-state index contributed by atoms with van der Waals surface area (Å²) in [5, 5.41) is 11.5. The summed E-state index contributed by atoms with van der Waals surface area (Å²) in [7, 11) is 0. The van der Waals surface area contributed by atoms with Gasteiger partial charge in [-0.05, 0) is 60.5 Å². The first-order chi connectivity index (χ1) is 16.4. The van der Waals surface area contributed by atoms with Gasteiger partial charge in [0.25, 0.3) is 0 Å². The molecule has 0 saturated carbocycles. The highest BCUT2D eigenvalue weighted by atomic mass is 79.9. The Bertz CT molecular complexity index is 1280. The van der Waals surface area contributed by atoms with Crippen LogP contribution in [-0.2, 0) is 6.54 Å². The molecule has 5 nitrogen and oxygen atoms in total. The molecular formula is C27H24BrClN2O3. The van der Waals surface area contributed by atoms with Crippen molar-refractivity contribution in [2.24, 2.45) is 0 Å². The number of piperazine rings is 1. The fraction of sp³-hybridized carbons (Fsp3) is 0.222. The van der Waals surface area contributed by atoms with Gasteiger partial charge < -0.3 is 14.7 Å². The summed E-state index contributed by atoms with van der Waals surface area (Å²) in [6.07, 6.45) is 1.75. The van der Waals surface area contributed by atoms with Crippen molar-refractivity contribution in [3.63, 3.8) is 0 Å². The van der Waals surface area contributed by atoms with E-state index in [-0.39, 0.29) is 17.3 Å². The van der Waals surface area contributed by atoms with Crippen LogP contribution in [0.4, 0.5) is 5.69 Å². The van der Waals surface area contributed by atoms with Crippen molar-refractivity contribution in [2.75, 3.05) is 31.1 Å². The van der Waals surface area contributed by atoms with Crippen LogP contribution in [0.5, 0.6) is 11.5 Å². The number of aryl methyl sites for hydroxylation is 1. The Kier molecular flexibility index (Phi) is 6.38. The second-order valence-electron chi connectivity index (χ2n) is 8.63. The molecule has 5 rings (SSSR count). The minimum absolute atomic E-state index is 0.151. The fourth-order valence-corrected chi connectivity index (χ4v) is 4.95. The Morgan fingerprint density at radius 2 is 1.82 bits per heavy atom. The number of Topliss-reactive ketones (excluding diaryl/α,β-unsaturated/α-hetero) is 1. The first-order valence-corrected chi connectivity index (χ1v) is 12.3. The first kappa shape index (κ1) is 23.0. The summed E-state index contributed by atoms with van der Waals surface area (Å²) in [6, 6.07) is 17.2. The predicted molar refractivity (Wildman–Crippen MR) is 139 cm³/mol. The maximum atomic E-state index is 13.2. The molecule has 0 amide bonds. The van der Waals surface area contributed by atoms with E-state index in [9.17, 15) is 9.90 Å². The highest BCUT2D eigenvalue weighted by Crippen LogP contribution is 2.42. The molecule has 0 bridgehead atoms. The number of halogens is 2. The van der Waals surface area contributed by atoms with Gasteiger partial charge in [0.15, 0.2) is 5.76 Å². The molecule has 0 spiro atoms. The maximum absolute atomic E-state index is 13.2. The fourth-order valence-electron chi connectivity index (χ4n) is 4.50. The second-order valence-corrected chi connectivity index (χ2v) is 9.98. The van der Waals surface area contributed by atoms with Crippen molar-refractivity contribution in [1.82, 2.24) is 4.90 Å². The van der Waals surface area contributed by atoms with Gasteiger partial charge in [0, 0.05) is 47.9 Å². The standard InChI is InChI=1S/C27H24BrClN2O3/c1-17-13-23(32)22(16-30-9-11-31(12-10-30)21-4-2-3-20(29)15-21)27-25(17)26(33)24(34-27)14-18-5-7-19(28)8-6-18/h2-8,13-15,32H,9-12,16H2,1H3/b24-14-. The molecule has 34 heavy (non-hydrogen) atoms. The summed E-state index contributed by atoms with van der Waals surface area (Å²) in [6.45, 7) is 5.69. The number of hydrogen-bond donors (Lipinski definition) is 1. The monoisotopic (exact) mass is 538 g/mol. The van der Waals surface area contributed by atoms with Crippen LogP contribution in [0.3, 0.4) is 0 Å². The van der Waals surface area contributed by atoms with E-state index >= 15 is 0 Å². The lowest BCUT2D eigenvalue weighted by molar-refractivity contribution is 0.101. The molecule has 2 heterocycles. The van der Waals surface area contributed by atoms with Crippen LogP contribution in [0.2, 0.25) is 5.02 Å². The third kappa shape index (κ3) is 4.58. The van der Waals surface area contributed by atoms with Gasteiger partial charge in [0.1, 0.15) is 11.5 Å². The topological polar surface area (TPSA) is 53.0 Å². The Labute approximate surface area is 212 Å². The van der Waals surface area contributed by atoms with Crippen molar-refractivity contribution >= 4 is 45.1 Å². The van der Waals surface area contributed by atoms with Crippen LogP contribution in [0, 0.1) is 6.92 Å². The molecule has 1 saturated heterocycles. The number of carbonyl (C=O) groups excluding carboxylic acids is 1. The number of ether oxygens (including phenoxy) is 1. The van der Waals surface area contributed by atoms with E-state index in [0.29, 0.717) is 29.0 Å². The van der Waals surface area contributed by atoms with E-state index < -0.39 is 0 Å². The van der Waals surface area contributed by atoms with Gasteiger partial charge in [-0.1, -0.05) is 45.7 Å². The van der Waals surface area contributed by atoms with Gasteiger partial charge in [-0.15, -0.1) is 0 Å². The van der Waals surface area contributed by atoms with Crippen LogP contribution < -0.4 is 9.64 Å². The summed E-state index contributed by atoms with van der Waals surface area (Å²) in [5.74, 6) is 0.759. The number of benzene rings is 3. The number of nitrogens with zero attached hydrogens (tertiary/aromatic N) is 2. The minimum atomic E-state index is -0.151. The molecule has 0 atom stereocenters. The normalized spacial score (nSPS) is 17.2. The van der Waals surface area contributed by atoms with Gasteiger partial charge in [-0.2, -0.15) is 0 Å². The Hall–Kier alpha value is -2.80. The molecule has 1 fully saturated rings. The number of ketones is 1. The second kappa shape index (κ2) is 9.45. The lowest BCUT2D eigenvalue weighted by Crippen LogP contribution is -2.46. The van der Waals surface area contributed by atoms with Crippen molar-refractivity contribution in [3.05, 3.63) is 92.1 Å². The predicted octanol–water partition coefficient (Wildman–Crippen LogP) is 6.05. The number of rotatable bonds is 4. The van der Waals surface area contributed by atoms with Crippen molar-refractivity contribution in [2.45, 2.75) is 13.5 Å². The number of aromatic hydroxyl groups is 1. The number of phenolic OH excluding ortho intramolecular Hbond substituents is 1. The Morgan fingerprint density at radius 1 is 1.09 bits per heavy atom. The van der Waals surface area contributed by atoms with Gasteiger partial charge >= 0.3 is 0 Å². The summed E-state index contributed by atoms with van der Waals surface area (Å²) in [4.78, 5) is 17.7. The van der Waals surface area contributed by atoms with Crippen molar-refractivity contribution < 1.29 is 14.6 Å². The number of allylic oxidation sites excluding steroid dienone is 1. The summed E-state index contributed by atoms with van der Waals surface area (Å²) < 4.78 is 7.05. The number of phenols is 1. The molecule has 7 heteroatoms. The average Bonchev–Trinajstić information content (AvgIpc) is 3.15. The van der Waals surface area contributed by atoms with E-state index in [4.69, 9.17) is 16.3 Å². The van der Waals surface area contributed by atoms with E-state index in [1.165, 1.54) is 0 Å². The quantitative estimate of drug-likeness (QED) is 0.409. The molecule has 1 N–H and O–H groups in total. The molecule has 0 radical (unpaired) electrons. The molecular weight excluding hydrogens is 516 g/mol. The Balaban J connectivity index is 1.36. The molecule has 174 valence electrons. The lowest BCUT2D eigenvalue weighted by Gasteiger charge is -2.36. The van der Waals surface area contributed by atoms with Gasteiger partial charge in [-0.3, -0.25) is 9.69 Å². The van der Waals surface area contributed by atoms with Crippen LogP contribution >= 0.6 is 27.5 Å². The van der Waals surface area contributed by atoms with Crippen LogP contribution in [-0.4, -0.2) is 42.0 Å². The third-order valence-corrected chi connectivity index (χ3v) is 7.08. The molecule has 3 aromatic carbocycles. The van der Waals surface area contributed by atoms with Crippen LogP contribution in [0.15, 0.2) is 64.8 Å². The zero-order chi connectivity index (χ0) is 23.8. The number of hydrogen-bond acceptors (Lipinski definition) is 5. The van der Waals surface area contributed by atoms with E-state index in [1.54, 1.807) is 12.1 Å². The van der Waals surface area contributed by atoms with E-state index in [0.717, 1.165) is 46.9 Å². The minimum Gasteiger partial charge on any atom is -0.507 e. The van der Waals surface area contributed by atoms with Crippen molar-refractivity contribution in [3.8, 4) is 11.5 Å². The summed E-state index contributed by atoms with van der Waals surface area (Å²) >= 11 is 9.58. The molecule has 2 aliphatic rings. The molecule has 0 aromatic heterocycles. The van der Waals surface area contributed by atoms with E-state index in [2.05, 4.69) is 31.8 Å². The molecule has 0 unspecified atom stereocenters. The molecule has 3 aromatic rings.